The lowest BCUT2D eigenvalue weighted by Gasteiger charge is -2.08. The number of esters is 2. The molecule has 0 spiro atoms. The van der Waals surface area contributed by atoms with Gasteiger partial charge in [-0.05, 0) is 39.0 Å². The molecule has 0 bridgehead atoms. The number of aromatic nitrogens is 3. The molecule has 0 aliphatic heterocycles. The number of carbonyl (C=O) groups excluding carboxylic acids is 2. The average molecular weight is 386 g/mol. The maximum Gasteiger partial charge on any atom is 0.347 e. The van der Waals surface area contributed by atoms with Crippen molar-refractivity contribution in [1.82, 2.24) is 15.0 Å². The summed E-state index contributed by atoms with van der Waals surface area (Å²) in [5.41, 5.74) is 2.40. The zero-order valence-electron chi connectivity index (χ0n) is 15.1. The highest BCUT2D eigenvalue weighted by molar-refractivity contribution is 7.18. The molecule has 0 saturated heterocycles. The van der Waals surface area contributed by atoms with E-state index in [9.17, 15) is 9.59 Å². The average Bonchev–Trinajstić information content (AvgIpc) is 2.99. The molecule has 0 fully saturated rings. The number of carbonyl (C=O) groups is 2. The van der Waals surface area contributed by atoms with E-state index in [1.165, 1.54) is 17.5 Å². The highest BCUT2D eigenvalue weighted by Gasteiger charge is 2.21. The van der Waals surface area contributed by atoms with Crippen molar-refractivity contribution >= 4 is 50.5 Å². The molecular weight excluding hydrogens is 368 g/mol. The summed E-state index contributed by atoms with van der Waals surface area (Å²) in [6.07, 6.45) is 1.27. The van der Waals surface area contributed by atoms with Crippen molar-refractivity contribution in [3.05, 3.63) is 35.0 Å². The Labute approximate surface area is 159 Å². The zero-order valence-corrected chi connectivity index (χ0v) is 15.9. The summed E-state index contributed by atoms with van der Waals surface area (Å²) in [7, 11) is 0. The Morgan fingerprint density at radius 1 is 1.07 bits per heavy atom. The van der Waals surface area contributed by atoms with Crippen molar-refractivity contribution in [3.8, 4) is 0 Å². The number of thiazole rings is 1. The van der Waals surface area contributed by atoms with Crippen molar-refractivity contribution in [2.75, 3.05) is 18.5 Å². The van der Waals surface area contributed by atoms with E-state index in [-0.39, 0.29) is 18.8 Å². The van der Waals surface area contributed by atoms with Gasteiger partial charge in [0, 0.05) is 11.9 Å². The molecule has 3 rings (SSSR count). The summed E-state index contributed by atoms with van der Waals surface area (Å²) in [5.74, 6) is -1.49. The Balaban J connectivity index is 1.90. The second-order valence-corrected chi connectivity index (χ2v) is 6.61. The number of hydrogen-bond acceptors (Lipinski definition) is 9. The third-order valence-corrected chi connectivity index (χ3v) is 4.35. The second kappa shape index (κ2) is 8.09. The van der Waals surface area contributed by atoms with Gasteiger partial charge in [0.2, 0.25) is 0 Å². The maximum absolute atomic E-state index is 12.0. The van der Waals surface area contributed by atoms with E-state index in [1.54, 1.807) is 32.0 Å². The Hall–Kier alpha value is -3.07. The molecule has 0 unspecified atom stereocenters. The van der Waals surface area contributed by atoms with Crippen LogP contribution in [0.2, 0.25) is 0 Å². The largest absolute Gasteiger partial charge is 0.462 e. The number of fused-ring (bicyclic) bond motifs is 2. The number of nitrogens with zero attached hydrogens (tertiary/aromatic N) is 3. The Morgan fingerprint density at radius 2 is 1.78 bits per heavy atom. The van der Waals surface area contributed by atoms with Crippen LogP contribution in [0.4, 0.5) is 5.69 Å². The summed E-state index contributed by atoms with van der Waals surface area (Å²) >= 11 is 1.49. The van der Waals surface area contributed by atoms with Gasteiger partial charge in [0.25, 0.3) is 0 Å². The van der Waals surface area contributed by atoms with E-state index in [1.807, 2.05) is 6.92 Å². The first-order chi connectivity index (χ1) is 13.0. The number of benzene rings is 1. The molecule has 0 radical (unpaired) electrons. The summed E-state index contributed by atoms with van der Waals surface area (Å²) < 4.78 is 9.81. The van der Waals surface area contributed by atoms with Gasteiger partial charge in [-0.1, -0.05) is 11.3 Å². The monoisotopic (exact) mass is 386 g/mol. The minimum atomic E-state index is -0.747. The SMILES string of the molecule is CCOC(=O)C(=CNc1ccc2nc3sc(C)nc3nc2c1)C(=O)OCC. The second-order valence-electron chi connectivity index (χ2n) is 5.43. The molecule has 0 aliphatic carbocycles. The zero-order chi connectivity index (χ0) is 19.4. The molecule has 3 aromatic rings. The summed E-state index contributed by atoms with van der Waals surface area (Å²) in [5, 5.41) is 3.82. The van der Waals surface area contributed by atoms with Gasteiger partial charge in [0.15, 0.2) is 16.1 Å². The van der Waals surface area contributed by atoms with Crippen LogP contribution in [0, 0.1) is 6.92 Å². The molecular formula is C18H18N4O4S. The van der Waals surface area contributed by atoms with Crippen LogP contribution < -0.4 is 5.32 Å². The lowest BCUT2D eigenvalue weighted by molar-refractivity contribution is -0.146. The first-order valence-electron chi connectivity index (χ1n) is 8.37. The van der Waals surface area contributed by atoms with Gasteiger partial charge >= 0.3 is 11.9 Å². The first-order valence-corrected chi connectivity index (χ1v) is 9.19. The Morgan fingerprint density at radius 3 is 2.44 bits per heavy atom. The van der Waals surface area contributed by atoms with Gasteiger partial charge in [0.05, 0.1) is 29.3 Å². The van der Waals surface area contributed by atoms with Crippen molar-refractivity contribution in [1.29, 1.82) is 0 Å². The molecule has 140 valence electrons. The van der Waals surface area contributed by atoms with Crippen LogP contribution in [0.3, 0.4) is 0 Å². The van der Waals surface area contributed by atoms with Crippen molar-refractivity contribution in [2.45, 2.75) is 20.8 Å². The van der Waals surface area contributed by atoms with Crippen LogP contribution in [0.1, 0.15) is 18.9 Å². The van der Waals surface area contributed by atoms with E-state index in [2.05, 4.69) is 20.3 Å². The predicted molar refractivity (Wildman–Crippen MR) is 102 cm³/mol. The van der Waals surface area contributed by atoms with Crippen LogP contribution >= 0.6 is 11.3 Å². The molecule has 0 amide bonds. The third kappa shape index (κ3) is 4.20. The maximum atomic E-state index is 12.0. The number of nitrogens with one attached hydrogen (secondary N) is 1. The fourth-order valence-electron chi connectivity index (χ4n) is 2.35. The molecule has 2 heterocycles. The normalized spacial score (nSPS) is 10.6. The number of rotatable bonds is 6. The van der Waals surface area contributed by atoms with E-state index in [4.69, 9.17) is 9.47 Å². The first kappa shape index (κ1) is 18.7. The van der Waals surface area contributed by atoms with E-state index in [0.29, 0.717) is 16.9 Å². The van der Waals surface area contributed by atoms with E-state index in [0.717, 1.165) is 15.4 Å². The molecule has 8 nitrogen and oxygen atoms in total. The molecule has 27 heavy (non-hydrogen) atoms. The molecule has 1 aromatic carbocycles. The molecule has 0 saturated carbocycles. The quantitative estimate of drug-likeness (QED) is 0.298. The minimum Gasteiger partial charge on any atom is -0.462 e. The smallest absolute Gasteiger partial charge is 0.347 e. The molecule has 2 aromatic heterocycles. The highest BCUT2D eigenvalue weighted by atomic mass is 32.1. The van der Waals surface area contributed by atoms with Gasteiger partial charge in [0.1, 0.15) is 0 Å². The van der Waals surface area contributed by atoms with Gasteiger partial charge in [-0.3, -0.25) is 0 Å². The standard InChI is InChI=1S/C18H18N4O4S/c1-4-25-17(23)12(18(24)26-5-2)9-19-11-6-7-13-14(8-11)21-15-16(22-13)27-10(3)20-15/h6-9,19H,4-5H2,1-3H3. The molecule has 9 heteroatoms. The Bertz CT molecular complexity index is 1020. The van der Waals surface area contributed by atoms with Crippen molar-refractivity contribution in [3.63, 3.8) is 0 Å². The third-order valence-electron chi connectivity index (χ3n) is 3.50. The molecule has 0 aliphatic rings. The fraction of sp³-hybridized carbons (Fsp3) is 0.278. The van der Waals surface area contributed by atoms with Gasteiger partial charge in [-0.15, -0.1) is 0 Å². The van der Waals surface area contributed by atoms with Crippen LogP contribution in [0.5, 0.6) is 0 Å². The van der Waals surface area contributed by atoms with Crippen LogP contribution in [-0.2, 0) is 19.1 Å². The predicted octanol–water partition coefficient (Wildman–Crippen LogP) is 2.97. The molecule has 0 atom stereocenters. The summed E-state index contributed by atoms with van der Waals surface area (Å²) in [6, 6.07) is 5.35. The molecule has 1 N–H and O–H groups in total. The number of aryl methyl sites for hydroxylation is 1. The van der Waals surface area contributed by atoms with Gasteiger partial charge in [-0.25, -0.2) is 24.5 Å². The van der Waals surface area contributed by atoms with Crippen LogP contribution in [0.15, 0.2) is 30.0 Å². The number of hydrogen-bond donors (Lipinski definition) is 1. The topological polar surface area (TPSA) is 103 Å². The van der Waals surface area contributed by atoms with Gasteiger partial charge in [-0.2, -0.15) is 0 Å². The lowest BCUT2D eigenvalue weighted by atomic mass is 10.2. The van der Waals surface area contributed by atoms with Gasteiger partial charge < -0.3 is 14.8 Å². The van der Waals surface area contributed by atoms with E-state index >= 15 is 0 Å². The Kier molecular flexibility index (Phi) is 5.60. The number of ether oxygens (including phenoxy) is 2. The van der Waals surface area contributed by atoms with Crippen molar-refractivity contribution < 1.29 is 19.1 Å². The summed E-state index contributed by atoms with van der Waals surface area (Å²) in [6.45, 7) is 5.55. The minimum absolute atomic E-state index is 0.157. The van der Waals surface area contributed by atoms with Crippen LogP contribution in [0.25, 0.3) is 21.5 Å². The van der Waals surface area contributed by atoms with Crippen molar-refractivity contribution in [2.24, 2.45) is 0 Å². The fourth-order valence-corrected chi connectivity index (χ4v) is 3.08. The highest BCUT2D eigenvalue weighted by Crippen LogP contribution is 2.23. The number of anilines is 1. The van der Waals surface area contributed by atoms with E-state index < -0.39 is 11.9 Å². The summed E-state index contributed by atoms with van der Waals surface area (Å²) in [4.78, 5) is 38.1. The van der Waals surface area contributed by atoms with Crippen LogP contribution in [-0.4, -0.2) is 40.1 Å². The lowest BCUT2D eigenvalue weighted by Crippen LogP contribution is -2.19.